The maximum atomic E-state index is 12.1. The van der Waals surface area contributed by atoms with Crippen LogP contribution in [0.3, 0.4) is 0 Å². The van der Waals surface area contributed by atoms with Crippen molar-refractivity contribution < 1.29 is 4.79 Å². The molecular formula is C13H14N6O. The summed E-state index contributed by atoms with van der Waals surface area (Å²) in [7, 11) is 1.88. The maximum Gasteiger partial charge on any atom is 0.227 e. The molecular weight excluding hydrogens is 256 g/mol. The molecule has 1 fully saturated rings. The number of aryl methyl sites for hydroxylation is 1. The summed E-state index contributed by atoms with van der Waals surface area (Å²) in [5, 5.41) is 8.81. The molecule has 0 radical (unpaired) electrons. The van der Waals surface area contributed by atoms with Crippen molar-refractivity contribution in [3.05, 3.63) is 34.8 Å². The smallest absolute Gasteiger partial charge is 0.227 e. The van der Waals surface area contributed by atoms with E-state index in [1.807, 2.05) is 25.2 Å². The first-order valence-electron chi connectivity index (χ1n) is 6.42. The van der Waals surface area contributed by atoms with Crippen LogP contribution in [0.5, 0.6) is 0 Å². The number of hydrogen-bond acceptors (Lipinski definition) is 3. The van der Waals surface area contributed by atoms with Gasteiger partial charge in [0, 0.05) is 42.5 Å². The summed E-state index contributed by atoms with van der Waals surface area (Å²) in [4.78, 5) is 16.6. The highest BCUT2D eigenvalue weighted by atomic mass is 16.2. The summed E-state index contributed by atoms with van der Waals surface area (Å²) in [6.07, 6.45) is 2.23. The summed E-state index contributed by atoms with van der Waals surface area (Å²) in [5.41, 5.74) is 10.2. The van der Waals surface area contributed by atoms with Gasteiger partial charge < -0.3 is 4.90 Å². The zero-order valence-corrected chi connectivity index (χ0v) is 11.1. The lowest BCUT2D eigenvalue weighted by atomic mass is 10.1. The number of carbonyl (C=O) groups is 1. The minimum absolute atomic E-state index is 0.0738. The van der Waals surface area contributed by atoms with E-state index in [2.05, 4.69) is 15.1 Å². The van der Waals surface area contributed by atoms with E-state index < -0.39 is 0 Å². The lowest BCUT2D eigenvalue weighted by molar-refractivity contribution is -0.117. The molecule has 102 valence electrons. The Hall–Kier alpha value is -2.53. The number of benzene rings is 1. The van der Waals surface area contributed by atoms with Gasteiger partial charge in [0.2, 0.25) is 5.91 Å². The topological polar surface area (TPSA) is 86.9 Å². The molecule has 1 amide bonds. The van der Waals surface area contributed by atoms with E-state index >= 15 is 0 Å². The number of nitrogens with zero attached hydrogens (tertiary/aromatic N) is 6. The van der Waals surface area contributed by atoms with Crippen molar-refractivity contribution in [2.45, 2.75) is 6.42 Å². The third-order valence-electron chi connectivity index (χ3n) is 3.65. The van der Waals surface area contributed by atoms with Crippen molar-refractivity contribution in [1.82, 2.24) is 9.78 Å². The molecule has 2 aromatic rings. The molecule has 20 heavy (non-hydrogen) atoms. The first-order chi connectivity index (χ1) is 9.69. The molecule has 0 aliphatic carbocycles. The van der Waals surface area contributed by atoms with Crippen LogP contribution in [0.4, 0.5) is 5.69 Å². The van der Waals surface area contributed by atoms with Gasteiger partial charge in [0.1, 0.15) is 0 Å². The second-order valence-electron chi connectivity index (χ2n) is 5.00. The first-order valence-corrected chi connectivity index (χ1v) is 6.42. The predicted octanol–water partition coefficient (Wildman–Crippen LogP) is 2.24. The fourth-order valence-electron chi connectivity index (χ4n) is 2.61. The van der Waals surface area contributed by atoms with Crippen LogP contribution in [-0.2, 0) is 11.8 Å². The summed E-state index contributed by atoms with van der Waals surface area (Å²) >= 11 is 0. The molecule has 0 bridgehead atoms. The predicted molar refractivity (Wildman–Crippen MR) is 75.2 cm³/mol. The molecule has 2 heterocycles. The van der Waals surface area contributed by atoms with Crippen molar-refractivity contribution in [2.75, 3.05) is 18.0 Å². The summed E-state index contributed by atoms with van der Waals surface area (Å²) < 4.78 is 1.79. The fraction of sp³-hybridized carbons (Fsp3) is 0.385. The number of aromatic nitrogens is 2. The van der Waals surface area contributed by atoms with Crippen LogP contribution in [0.25, 0.3) is 21.3 Å². The van der Waals surface area contributed by atoms with E-state index in [-0.39, 0.29) is 11.8 Å². The van der Waals surface area contributed by atoms with Gasteiger partial charge in [-0.05, 0) is 29.6 Å². The molecule has 1 saturated heterocycles. The largest absolute Gasteiger partial charge is 0.312 e. The van der Waals surface area contributed by atoms with Crippen LogP contribution in [0.2, 0.25) is 0 Å². The quantitative estimate of drug-likeness (QED) is 0.486. The molecule has 3 rings (SSSR count). The Morgan fingerprint density at radius 1 is 1.55 bits per heavy atom. The second-order valence-corrected chi connectivity index (χ2v) is 5.00. The fourth-order valence-corrected chi connectivity index (χ4v) is 2.61. The molecule has 1 aliphatic heterocycles. The maximum absolute atomic E-state index is 12.1. The summed E-state index contributed by atoms with van der Waals surface area (Å²) in [5.74, 6) is 0.172. The highest BCUT2D eigenvalue weighted by Gasteiger charge is 2.30. The number of amides is 1. The van der Waals surface area contributed by atoms with Crippen LogP contribution in [0.1, 0.15) is 6.42 Å². The van der Waals surface area contributed by atoms with Gasteiger partial charge >= 0.3 is 0 Å². The third-order valence-corrected chi connectivity index (χ3v) is 3.65. The molecule has 1 aliphatic rings. The number of anilines is 1. The molecule has 1 aromatic carbocycles. The van der Waals surface area contributed by atoms with E-state index in [0.717, 1.165) is 16.6 Å². The summed E-state index contributed by atoms with van der Waals surface area (Å²) in [6.45, 7) is 0.966. The van der Waals surface area contributed by atoms with Gasteiger partial charge in [0.05, 0.1) is 11.7 Å². The Bertz CT molecular complexity index is 715. The van der Waals surface area contributed by atoms with E-state index in [1.165, 1.54) is 0 Å². The first kappa shape index (κ1) is 12.5. The molecule has 0 saturated carbocycles. The molecule has 1 aromatic heterocycles. The van der Waals surface area contributed by atoms with Crippen molar-refractivity contribution in [1.29, 1.82) is 0 Å². The van der Waals surface area contributed by atoms with Crippen LogP contribution < -0.4 is 4.90 Å². The minimum Gasteiger partial charge on any atom is -0.312 e. The highest BCUT2D eigenvalue weighted by molar-refractivity contribution is 5.97. The number of rotatable bonds is 3. The zero-order valence-electron chi connectivity index (χ0n) is 11.1. The average molecular weight is 270 g/mol. The molecule has 1 unspecified atom stereocenters. The van der Waals surface area contributed by atoms with Crippen molar-refractivity contribution in [3.63, 3.8) is 0 Å². The van der Waals surface area contributed by atoms with Crippen LogP contribution in [0, 0.1) is 5.92 Å². The van der Waals surface area contributed by atoms with Gasteiger partial charge in [0.25, 0.3) is 0 Å². The lowest BCUT2D eigenvalue weighted by Gasteiger charge is -2.16. The van der Waals surface area contributed by atoms with Crippen molar-refractivity contribution >= 4 is 22.5 Å². The standard InChI is InChI=1S/C13H14N6O/c1-18-12-5-11(3-2-10(12)7-16-18)19-8-9(4-13(19)20)6-15-17-14/h2-3,5,7,9H,4,6,8H2,1H3. The Labute approximate surface area is 115 Å². The van der Waals surface area contributed by atoms with Crippen LogP contribution in [-0.4, -0.2) is 28.8 Å². The molecule has 7 heteroatoms. The third kappa shape index (κ3) is 2.08. The Morgan fingerprint density at radius 3 is 3.20 bits per heavy atom. The average Bonchev–Trinajstić information content (AvgIpc) is 3.00. The lowest BCUT2D eigenvalue weighted by Crippen LogP contribution is -2.24. The van der Waals surface area contributed by atoms with Gasteiger partial charge in [-0.1, -0.05) is 5.11 Å². The Morgan fingerprint density at radius 2 is 2.40 bits per heavy atom. The van der Waals surface area contributed by atoms with E-state index in [1.54, 1.807) is 15.8 Å². The van der Waals surface area contributed by atoms with E-state index in [0.29, 0.717) is 19.5 Å². The Balaban J connectivity index is 1.88. The normalized spacial score (nSPS) is 18.6. The van der Waals surface area contributed by atoms with Crippen LogP contribution >= 0.6 is 0 Å². The second kappa shape index (κ2) is 4.86. The zero-order chi connectivity index (χ0) is 14.1. The monoisotopic (exact) mass is 270 g/mol. The van der Waals surface area contributed by atoms with Gasteiger partial charge in [0.15, 0.2) is 0 Å². The number of azide groups is 1. The number of fused-ring (bicyclic) bond motifs is 1. The molecule has 0 spiro atoms. The van der Waals surface area contributed by atoms with Gasteiger partial charge in [-0.15, -0.1) is 0 Å². The van der Waals surface area contributed by atoms with Crippen molar-refractivity contribution in [3.8, 4) is 0 Å². The van der Waals surface area contributed by atoms with Crippen molar-refractivity contribution in [2.24, 2.45) is 18.1 Å². The highest BCUT2D eigenvalue weighted by Crippen LogP contribution is 2.28. The van der Waals surface area contributed by atoms with Gasteiger partial charge in [-0.2, -0.15) is 5.10 Å². The van der Waals surface area contributed by atoms with E-state index in [9.17, 15) is 4.79 Å². The van der Waals surface area contributed by atoms with Gasteiger partial charge in [-0.3, -0.25) is 9.48 Å². The number of carbonyl (C=O) groups excluding carboxylic acids is 1. The SMILES string of the molecule is Cn1ncc2ccc(N3CC(CN=[N+]=[N-])CC3=O)cc21. The van der Waals surface area contributed by atoms with Gasteiger partial charge in [-0.25, -0.2) is 0 Å². The molecule has 1 atom stereocenters. The molecule has 0 N–H and O–H groups in total. The summed E-state index contributed by atoms with van der Waals surface area (Å²) in [6, 6.07) is 5.86. The van der Waals surface area contributed by atoms with E-state index in [4.69, 9.17) is 5.53 Å². The molecule has 7 nitrogen and oxygen atoms in total. The minimum atomic E-state index is 0.0738. The number of hydrogen-bond donors (Lipinski definition) is 0. The Kier molecular flexibility index (Phi) is 3.04. The van der Waals surface area contributed by atoms with Crippen LogP contribution in [0.15, 0.2) is 29.5 Å².